The molecule has 0 atom stereocenters. The SMILES string of the molecule is CCNC(C)(C)C(=O)N(Cc1cccc(Cl)c1)C(C)C. The lowest BCUT2D eigenvalue weighted by Gasteiger charge is -2.35. The van der Waals surface area contributed by atoms with Gasteiger partial charge < -0.3 is 10.2 Å². The van der Waals surface area contributed by atoms with Gasteiger partial charge in [-0.05, 0) is 51.9 Å². The lowest BCUT2D eigenvalue weighted by atomic mass is 10.0. The molecule has 0 aliphatic heterocycles. The lowest BCUT2D eigenvalue weighted by Crippen LogP contribution is -2.55. The van der Waals surface area contributed by atoms with Gasteiger partial charge in [-0.25, -0.2) is 0 Å². The summed E-state index contributed by atoms with van der Waals surface area (Å²) in [6, 6.07) is 7.80. The van der Waals surface area contributed by atoms with Gasteiger partial charge in [0.15, 0.2) is 0 Å². The Labute approximate surface area is 127 Å². The van der Waals surface area contributed by atoms with Crippen molar-refractivity contribution in [2.75, 3.05) is 6.54 Å². The first-order valence-corrected chi connectivity index (χ1v) is 7.46. The Bertz CT molecular complexity index is 458. The number of amides is 1. The summed E-state index contributed by atoms with van der Waals surface area (Å²) in [5.41, 5.74) is 0.490. The molecule has 4 heteroatoms. The van der Waals surface area contributed by atoms with Crippen LogP contribution in [0.1, 0.15) is 40.2 Å². The molecule has 112 valence electrons. The molecule has 1 amide bonds. The van der Waals surface area contributed by atoms with Crippen LogP contribution >= 0.6 is 11.6 Å². The zero-order valence-electron chi connectivity index (χ0n) is 13.0. The molecule has 1 rings (SSSR count). The molecular weight excluding hydrogens is 272 g/mol. The number of carbonyl (C=O) groups excluding carboxylic acids is 1. The number of rotatable bonds is 6. The first kappa shape index (κ1) is 17.0. The number of likely N-dealkylation sites (N-methyl/N-ethyl adjacent to an activating group) is 1. The van der Waals surface area contributed by atoms with Gasteiger partial charge in [0, 0.05) is 17.6 Å². The molecule has 3 nitrogen and oxygen atoms in total. The van der Waals surface area contributed by atoms with Crippen LogP contribution in [0.3, 0.4) is 0 Å². The van der Waals surface area contributed by atoms with Gasteiger partial charge in [0.05, 0.1) is 5.54 Å². The normalized spacial score (nSPS) is 11.8. The Balaban J connectivity index is 2.92. The van der Waals surface area contributed by atoms with Crippen LogP contribution in [0.4, 0.5) is 0 Å². The van der Waals surface area contributed by atoms with Crippen molar-refractivity contribution in [1.29, 1.82) is 0 Å². The average Bonchev–Trinajstić information content (AvgIpc) is 2.34. The van der Waals surface area contributed by atoms with Crippen molar-refractivity contribution < 1.29 is 4.79 Å². The summed E-state index contributed by atoms with van der Waals surface area (Å²) in [5, 5.41) is 3.94. The molecule has 0 saturated heterocycles. The average molecular weight is 297 g/mol. The van der Waals surface area contributed by atoms with Crippen LogP contribution in [0.2, 0.25) is 5.02 Å². The van der Waals surface area contributed by atoms with Crippen molar-refractivity contribution in [3.05, 3.63) is 34.9 Å². The molecule has 0 fully saturated rings. The number of benzene rings is 1. The number of halogens is 1. The fourth-order valence-corrected chi connectivity index (χ4v) is 2.41. The molecule has 0 bridgehead atoms. The molecule has 0 aliphatic rings. The van der Waals surface area contributed by atoms with E-state index >= 15 is 0 Å². The van der Waals surface area contributed by atoms with Crippen LogP contribution in [-0.2, 0) is 11.3 Å². The van der Waals surface area contributed by atoms with Gasteiger partial charge in [0.2, 0.25) is 5.91 Å². The number of nitrogens with zero attached hydrogens (tertiary/aromatic N) is 1. The third-order valence-corrected chi connectivity index (χ3v) is 3.51. The molecule has 0 unspecified atom stereocenters. The molecule has 0 radical (unpaired) electrons. The highest BCUT2D eigenvalue weighted by molar-refractivity contribution is 6.30. The van der Waals surface area contributed by atoms with Crippen molar-refractivity contribution in [1.82, 2.24) is 10.2 Å². The second kappa shape index (κ2) is 7.09. The van der Waals surface area contributed by atoms with E-state index in [9.17, 15) is 4.79 Å². The van der Waals surface area contributed by atoms with E-state index in [0.717, 1.165) is 12.1 Å². The molecule has 0 aromatic heterocycles. The van der Waals surface area contributed by atoms with E-state index in [1.807, 2.05) is 63.8 Å². The number of nitrogens with one attached hydrogen (secondary N) is 1. The molecule has 0 aliphatic carbocycles. The molecule has 20 heavy (non-hydrogen) atoms. The Morgan fingerprint density at radius 3 is 2.55 bits per heavy atom. The van der Waals surface area contributed by atoms with Gasteiger partial charge in [0.25, 0.3) is 0 Å². The largest absolute Gasteiger partial charge is 0.334 e. The first-order valence-electron chi connectivity index (χ1n) is 7.08. The topological polar surface area (TPSA) is 32.3 Å². The Morgan fingerprint density at radius 2 is 2.05 bits per heavy atom. The fraction of sp³-hybridized carbons (Fsp3) is 0.562. The maximum absolute atomic E-state index is 12.7. The zero-order chi connectivity index (χ0) is 15.3. The first-order chi connectivity index (χ1) is 9.27. The maximum atomic E-state index is 12.7. The van der Waals surface area contributed by atoms with Crippen molar-refractivity contribution in [3.63, 3.8) is 0 Å². The second-order valence-electron chi connectivity index (χ2n) is 5.81. The Morgan fingerprint density at radius 1 is 1.40 bits per heavy atom. The number of hydrogen-bond acceptors (Lipinski definition) is 2. The van der Waals surface area contributed by atoms with Crippen LogP contribution in [0.5, 0.6) is 0 Å². The van der Waals surface area contributed by atoms with E-state index in [1.54, 1.807) is 0 Å². The smallest absolute Gasteiger partial charge is 0.242 e. The summed E-state index contributed by atoms with van der Waals surface area (Å²) in [5.74, 6) is 0.106. The van der Waals surface area contributed by atoms with Gasteiger partial charge in [-0.15, -0.1) is 0 Å². The molecule has 0 heterocycles. The lowest BCUT2D eigenvalue weighted by molar-refractivity contribution is -0.139. The van der Waals surface area contributed by atoms with Crippen LogP contribution in [-0.4, -0.2) is 28.9 Å². The summed E-state index contributed by atoms with van der Waals surface area (Å²) >= 11 is 6.01. The predicted molar refractivity (Wildman–Crippen MR) is 84.9 cm³/mol. The third-order valence-electron chi connectivity index (χ3n) is 3.28. The third kappa shape index (κ3) is 4.50. The highest BCUT2D eigenvalue weighted by Gasteiger charge is 2.32. The van der Waals surface area contributed by atoms with Gasteiger partial charge in [0.1, 0.15) is 0 Å². The minimum atomic E-state index is -0.558. The van der Waals surface area contributed by atoms with Crippen LogP contribution in [0.25, 0.3) is 0 Å². The Hall–Kier alpha value is -1.06. The second-order valence-corrected chi connectivity index (χ2v) is 6.25. The van der Waals surface area contributed by atoms with E-state index < -0.39 is 5.54 Å². The summed E-state index contributed by atoms with van der Waals surface area (Å²) in [6.45, 7) is 11.3. The van der Waals surface area contributed by atoms with E-state index in [0.29, 0.717) is 11.6 Å². The van der Waals surface area contributed by atoms with Crippen LogP contribution < -0.4 is 5.32 Å². The summed E-state index contributed by atoms with van der Waals surface area (Å²) in [7, 11) is 0. The van der Waals surface area contributed by atoms with E-state index in [1.165, 1.54) is 0 Å². The molecule has 0 spiro atoms. The number of carbonyl (C=O) groups is 1. The highest BCUT2D eigenvalue weighted by Crippen LogP contribution is 2.17. The van der Waals surface area contributed by atoms with E-state index in [2.05, 4.69) is 5.32 Å². The zero-order valence-corrected chi connectivity index (χ0v) is 13.8. The van der Waals surface area contributed by atoms with E-state index in [-0.39, 0.29) is 11.9 Å². The minimum absolute atomic E-state index is 0.106. The van der Waals surface area contributed by atoms with Crippen molar-refractivity contribution in [3.8, 4) is 0 Å². The maximum Gasteiger partial charge on any atom is 0.242 e. The van der Waals surface area contributed by atoms with Crippen LogP contribution in [0, 0.1) is 0 Å². The summed E-state index contributed by atoms with van der Waals surface area (Å²) in [6.07, 6.45) is 0. The van der Waals surface area contributed by atoms with E-state index in [4.69, 9.17) is 11.6 Å². The van der Waals surface area contributed by atoms with Crippen molar-refractivity contribution >= 4 is 17.5 Å². The van der Waals surface area contributed by atoms with Gasteiger partial charge in [-0.3, -0.25) is 4.79 Å². The monoisotopic (exact) mass is 296 g/mol. The summed E-state index contributed by atoms with van der Waals surface area (Å²) < 4.78 is 0. The van der Waals surface area contributed by atoms with Crippen molar-refractivity contribution in [2.24, 2.45) is 0 Å². The predicted octanol–water partition coefficient (Wildman–Crippen LogP) is 3.47. The molecular formula is C16H25ClN2O. The molecule has 0 saturated carbocycles. The van der Waals surface area contributed by atoms with Gasteiger partial charge >= 0.3 is 0 Å². The van der Waals surface area contributed by atoms with Gasteiger partial charge in [-0.2, -0.15) is 0 Å². The van der Waals surface area contributed by atoms with Gasteiger partial charge in [-0.1, -0.05) is 30.7 Å². The number of hydrogen-bond donors (Lipinski definition) is 1. The standard InChI is InChI=1S/C16H25ClN2O/c1-6-18-16(4,5)15(20)19(12(2)3)11-13-8-7-9-14(17)10-13/h7-10,12,18H,6,11H2,1-5H3. The van der Waals surface area contributed by atoms with Crippen molar-refractivity contribution in [2.45, 2.75) is 52.7 Å². The highest BCUT2D eigenvalue weighted by atomic mass is 35.5. The quantitative estimate of drug-likeness (QED) is 0.872. The molecule has 1 N–H and O–H groups in total. The fourth-order valence-electron chi connectivity index (χ4n) is 2.20. The minimum Gasteiger partial charge on any atom is -0.334 e. The van der Waals surface area contributed by atoms with Crippen LogP contribution in [0.15, 0.2) is 24.3 Å². The Kier molecular flexibility index (Phi) is 6.03. The molecule has 1 aromatic rings. The molecule has 1 aromatic carbocycles. The summed E-state index contributed by atoms with van der Waals surface area (Å²) in [4.78, 5) is 14.6.